The second-order valence-corrected chi connectivity index (χ2v) is 16.6. The molecule has 0 aromatic carbocycles. The van der Waals surface area contributed by atoms with E-state index in [0.717, 1.165) is 61.7 Å². The molecule has 3 heteroatoms. The number of aliphatic hydroxyl groups is 1. The van der Waals surface area contributed by atoms with Crippen LogP contribution in [0, 0.1) is 46.3 Å². The number of hydrogen-bond donors (Lipinski definition) is 1. The van der Waals surface area contributed by atoms with Gasteiger partial charge in [-0.1, -0.05) is 90.5 Å². The third kappa shape index (κ3) is 9.96. The highest BCUT2D eigenvalue weighted by atomic mass is 16.5. The molecule has 4 aliphatic rings. The highest BCUT2D eigenvalue weighted by molar-refractivity contribution is 5.69. The smallest absolute Gasteiger partial charge is 0.305 e. The van der Waals surface area contributed by atoms with Gasteiger partial charge in [-0.15, -0.1) is 0 Å². The first kappa shape index (κ1) is 36.7. The summed E-state index contributed by atoms with van der Waals surface area (Å²) in [6.07, 6.45) is 37.2. The maximum Gasteiger partial charge on any atom is 0.305 e. The fraction of sp³-hybridized carbons (Fsp3) is 0.881. The molecule has 0 amide bonds. The number of fused-ring (bicyclic) bond motifs is 5. The van der Waals surface area contributed by atoms with Crippen molar-refractivity contribution in [2.24, 2.45) is 46.3 Å². The van der Waals surface area contributed by atoms with E-state index in [1.165, 1.54) is 109 Å². The van der Waals surface area contributed by atoms with Crippen molar-refractivity contribution in [3.8, 4) is 0 Å². The molecule has 0 aliphatic heterocycles. The summed E-state index contributed by atoms with van der Waals surface area (Å²) >= 11 is 0. The molecule has 4 fully saturated rings. The molecule has 1 N–H and O–H groups in total. The van der Waals surface area contributed by atoms with Gasteiger partial charge in [0.2, 0.25) is 0 Å². The molecule has 0 aromatic rings. The van der Waals surface area contributed by atoms with Crippen molar-refractivity contribution in [2.45, 2.75) is 181 Å². The predicted octanol–water partition coefficient (Wildman–Crippen LogP) is 11.8. The average molecular weight is 625 g/mol. The van der Waals surface area contributed by atoms with Crippen LogP contribution in [0.2, 0.25) is 0 Å². The molecule has 3 nitrogen and oxygen atoms in total. The number of allylic oxidation sites excluding steroid dienone is 4. The first-order chi connectivity index (χ1) is 21.8. The number of carbonyl (C=O) groups excluding carboxylic acids is 1. The minimum absolute atomic E-state index is 0.0265. The molecule has 0 saturated heterocycles. The lowest BCUT2D eigenvalue weighted by molar-refractivity contribution is -0.144. The van der Waals surface area contributed by atoms with E-state index in [1.807, 2.05) is 0 Å². The van der Waals surface area contributed by atoms with Gasteiger partial charge in [0.15, 0.2) is 0 Å². The summed E-state index contributed by atoms with van der Waals surface area (Å²) in [6.45, 7) is 10.5. The van der Waals surface area contributed by atoms with Gasteiger partial charge in [-0.2, -0.15) is 0 Å². The Balaban J connectivity index is 1.04. The first-order valence-corrected chi connectivity index (χ1v) is 19.9. The molecule has 0 aromatic heterocycles. The van der Waals surface area contributed by atoms with Gasteiger partial charge in [-0.3, -0.25) is 4.79 Å². The van der Waals surface area contributed by atoms with Crippen molar-refractivity contribution in [1.29, 1.82) is 0 Å². The molecule has 4 rings (SSSR count). The number of esters is 1. The van der Waals surface area contributed by atoms with Crippen LogP contribution in [0.3, 0.4) is 0 Å². The number of aliphatic hydroxyl groups excluding tert-OH is 1. The number of rotatable bonds is 19. The van der Waals surface area contributed by atoms with E-state index in [1.54, 1.807) is 0 Å². The summed E-state index contributed by atoms with van der Waals surface area (Å²) in [5, 5.41) is 10.4. The molecule has 0 radical (unpaired) electrons. The molecular formula is C42H72O3. The minimum Gasteiger partial charge on any atom is -0.466 e. The molecule has 0 heterocycles. The van der Waals surface area contributed by atoms with Gasteiger partial charge in [-0.05, 0) is 149 Å². The lowest BCUT2D eigenvalue weighted by atomic mass is 9.44. The highest BCUT2D eigenvalue weighted by Crippen LogP contribution is 2.68. The fourth-order valence-corrected chi connectivity index (χ4v) is 11.1. The largest absolute Gasteiger partial charge is 0.466 e. The summed E-state index contributed by atoms with van der Waals surface area (Å²) in [5.41, 5.74) is 0.905. The Morgan fingerprint density at radius 3 is 2.22 bits per heavy atom. The zero-order valence-electron chi connectivity index (χ0n) is 30.1. The molecule has 0 spiro atoms. The molecule has 0 bridgehead atoms. The van der Waals surface area contributed by atoms with E-state index in [0.29, 0.717) is 29.8 Å². The van der Waals surface area contributed by atoms with Crippen molar-refractivity contribution < 1.29 is 14.6 Å². The molecule has 9 atom stereocenters. The number of hydrogen-bond acceptors (Lipinski definition) is 3. The Bertz CT molecular complexity index is 923. The lowest BCUT2D eigenvalue weighted by Crippen LogP contribution is -2.54. The van der Waals surface area contributed by atoms with Gasteiger partial charge in [0.1, 0.15) is 0 Å². The quantitative estimate of drug-likeness (QED) is 0.0883. The Hall–Kier alpha value is -1.09. The second-order valence-electron chi connectivity index (χ2n) is 16.6. The Labute approximate surface area is 278 Å². The van der Waals surface area contributed by atoms with Crippen LogP contribution < -0.4 is 0 Å². The van der Waals surface area contributed by atoms with E-state index < -0.39 is 0 Å². The van der Waals surface area contributed by atoms with Crippen molar-refractivity contribution in [1.82, 2.24) is 0 Å². The van der Waals surface area contributed by atoms with E-state index in [9.17, 15) is 9.90 Å². The highest BCUT2D eigenvalue weighted by Gasteiger charge is 2.60. The fourth-order valence-electron chi connectivity index (χ4n) is 11.1. The van der Waals surface area contributed by atoms with Crippen LogP contribution in [0.25, 0.3) is 0 Å². The van der Waals surface area contributed by atoms with Gasteiger partial charge in [0.05, 0.1) is 12.7 Å². The maximum atomic E-state index is 12.6. The molecule has 5 unspecified atom stereocenters. The maximum absolute atomic E-state index is 12.6. The van der Waals surface area contributed by atoms with Crippen LogP contribution in [0.15, 0.2) is 24.3 Å². The van der Waals surface area contributed by atoms with E-state index in [4.69, 9.17) is 4.74 Å². The van der Waals surface area contributed by atoms with E-state index in [-0.39, 0.29) is 12.1 Å². The van der Waals surface area contributed by atoms with Crippen molar-refractivity contribution >= 4 is 5.97 Å². The minimum atomic E-state index is -0.0534. The molecule has 4 saturated carbocycles. The Kier molecular flexibility index (Phi) is 15.1. The Morgan fingerprint density at radius 1 is 0.800 bits per heavy atom. The third-order valence-corrected chi connectivity index (χ3v) is 13.8. The van der Waals surface area contributed by atoms with Gasteiger partial charge in [-0.25, -0.2) is 0 Å². The molecule has 258 valence electrons. The third-order valence-electron chi connectivity index (χ3n) is 13.8. The summed E-state index contributed by atoms with van der Waals surface area (Å²) in [4.78, 5) is 12.6. The van der Waals surface area contributed by atoms with E-state index >= 15 is 0 Å². The number of ether oxygens (including phenoxy) is 1. The monoisotopic (exact) mass is 625 g/mol. The second kappa shape index (κ2) is 18.5. The van der Waals surface area contributed by atoms with Crippen LogP contribution >= 0.6 is 0 Å². The van der Waals surface area contributed by atoms with Crippen LogP contribution in [-0.4, -0.2) is 23.8 Å². The van der Waals surface area contributed by atoms with Gasteiger partial charge in [0.25, 0.3) is 0 Å². The molecular weight excluding hydrogens is 552 g/mol. The van der Waals surface area contributed by atoms with Gasteiger partial charge < -0.3 is 9.84 Å². The van der Waals surface area contributed by atoms with Crippen molar-refractivity contribution in [2.75, 3.05) is 6.61 Å². The number of unbranched alkanes of at least 4 members (excludes halogenated alkanes) is 9. The van der Waals surface area contributed by atoms with Crippen LogP contribution in [0.5, 0.6) is 0 Å². The normalized spacial score (nSPS) is 35.3. The molecule has 4 aliphatic carbocycles. The van der Waals surface area contributed by atoms with Crippen molar-refractivity contribution in [3.63, 3.8) is 0 Å². The van der Waals surface area contributed by atoms with Crippen molar-refractivity contribution in [3.05, 3.63) is 24.3 Å². The zero-order valence-corrected chi connectivity index (χ0v) is 30.1. The van der Waals surface area contributed by atoms with Crippen LogP contribution in [-0.2, 0) is 9.53 Å². The van der Waals surface area contributed by atoms with Gasteiger partial charge in [0, 0.05) is 6.42 Å². The lowest BCUT2D eigenvalue weighted by Gasteiger charge is -2.61. The van der Waals surface area contributed by atoms with E-state index in [2.05, 4.69) is 52.0 Å². The first-order valence-electron chi connectivity index (χ1n) is 19.9. The molecule has 45 heavy (non-hydrogen) atoms. The predicted molar refractivity (Wildman–Crippen MR) is 190 cm³/mol. The Morgan fingerprint density at radius 2 is 1.47 bits per heavy atom. The standard InChI is InChI=1S/C42H72O3/c1-5-6-7-8-9-10-11-12-13-14-15-16-17-18-19-20-31-45-40(44)26-21-33(2)37-24-25-38-36-23-22-34-32-35(43)27-29-41(34,3)39(36)28-30-42(37,38)4/h9-10,12-13,33-39,43H,5-8,11,14-32H2,1-4H3/b10-9-,13-12-/t33-,34?,35-,36?,37?,38?,39?,41+,42-/m1/s1. The summed E-state index contributed by atoms with van der Waals surface area (Å²) < 4.78 is 5.67. The SMILES string of the molecule is CCCCC/C=C\C/C=C\CCCCCCCCOC(=O)CC[C@@H](C)C1CCC2C3CCC4C[C@H](O)CC[C@]4(C)C3CC[C@@]21C. The summed E-state index contributed by atoms with van der Waals surface area (Å²) in [6, 6.07) is 0. The summed E-state index contributed by atoms with van der Waals surface area (Å²) in [5.74, 6) is 4.74. The van der Waals surface area contributed by atoms with Crippen LogP contribution in [0.1, 0.15) is 175 Å². The number of carbonyl (C=O) groups is 1. The summed E-state index contributed by atoms with van der Waals surface area (Å²) in [7, 11) is 0. The van der Waals surface area contributed by atoms with Crippen LogP contribution in [0.4, 0.5) is 0 Å². The van der Waals surface area contributed by atoms with Gasteiger partial charge >= 0.3 is 5.97 Å². The topological polar surface area (TPSA) is 46.5 Å². The average Bonchev–Trinajstić information content (AvgIpc) is 3.39. The zero-order chi connectivity index (χ0) is 32.1.